The van der Waals surface area contributed by atoms with Crippen LogP contribution in [-0.2, 0) is 20.9 Å². The second-order valence-corrected chi connectivity index (χ2v) is 12.9. The number of hydrogen-bond donors (Lipinski definition) is 0. The van der Waals surface area contributed by atoms with Gasteiger partial charge in [-0.05, 0) is 55.3 Å². The van der Waals surface area contributed by atoms with Crippen LogP contribution in [0.15, 0.2) is 92.3 Å². The molecule has 3 heterocycles. The van der Waals surface area contributed by atoms with E-state index >= 15 is 0 Å². The number of esters is 1. The zero-order valence-corrected chi connectivity index (χ0v) is 28.0. The number of benzene rings is 3. The molecule has 45 heavy (non-hydrogen) atoms. The van der Waals surface area contributed by atoms with Crippen molar-refractivity contribution in [3.05, 3.63) is 124 Å². The molecule has 6 rings (SSSR count). The molecule has 1 atom stereocenters. The molecule has 1 amide bonds. The van der Waals surface area contributed by atoms with E-state index in [1.165, 1.54) is 4.57 Å². The minimum atomic E-state index is -0.888. The van der Waals surface area contributed by atoms with E-state index in [1.807, 2.05) is 55.5 Å². The van der Waals surface area contributed by atoms with E-state index in [0.29, 0.717) is 56.6 Å². The molecule has 0 radical (unpaired) electrons. The Balaban J connectivity index is 1.62. The summed E-state index contributed by atoms with van der Waals surface area (Å²) in [5.74, 6) is -0.338. The fourth-order valence-corrected chi connectivity index (χ4v) is 7.43. The summed E-state index contributed by atoms with van der Waals surface area (Å²) in [7, 11) is 1.54. The summed E-state index contributed by atoms with van der Waals surface area (Å²) in [4.78, 5) is 49.3. The molecular formula is C34H29BrClN3O5S. The van der Waals surface area contributed by atoms with E-state index in [0.717, 1.165) is 27.8 Å². The number of fused-ring (bicyclic) bond motifs is 2. The molecular weight excluding hydrogens is 678 g/mol. The first kappa shape index (κ1) is 31.0. The molecule has 1 aromatic heterocycles. The van der Waals surface area contributed by atoms with E-state index in [1.54, 1.807) is 37.1 Å². The topological polar surface area (TPSA) is 90.2 Å². The van der Waals surface area contributed by atoms with Crippen molar-refractivity contribution in [2.24, 2.45) is 4.99 Å². The van der Waals surface area contributed by atoms with Crippen LogP contribution < -0.4 is 24.5 Å². The van der Waals surface area contributed by atoms with Gasteiger partial charge in [-0.3, -0.25) is 14.2 Å². The van der Waals surface area contributed by atoms with Gasteiger partial charge in [0.25, 0.3) is 11.5 Å². The average Bonchev–Trinajstić information content (AvgIpc) is 3.49. The van der Waals surface area contributed by atoms with Gasteiger partial charge in [0.2, 0.25) is 0 Å². The lowest BCUT2D eigenvalue weighted by molar-refractivity contribution is -0.139. The van der Waals surface area contributed by atoms with Crippen molar-refractivity contribution in [1.82, 2.24) is 4.57 Å². The largest absolute Gasteiger partial charge is 0.496 e. The number of halogens is 2. The van der Waals surface area contributed by atoms with Gasteiger partial charge in [-0.2, -0.15) is 0 Å². The average molecular weight is 707 g/mol. The molecule has 3 aromatic carbocycles. The van der Waals surface area contributed by atoms with Gasteiger partial charge in [-0.1, -0.05) is 82.5 Å². The molecule has 2 aliphatic heterocycles. The van der Waals surface area contributed by atoms with Crippen LogP contribution in [0.1, 0.15) is 49.4 Å². The number of rotatable bonds is 8. The van der Waals surface area contributed by atoms with Gasteiger partial charge in [0.1, 0.15) is 16.3 Å². The standard InChI is InChI=1S/C34H29BrClN3O5S/c1-4-8-24-28(33(42)44-5-2)29(23-17-20(35)13-16-26(23)43-3)39-32(41)30(45-34(39)37-24)27-22-9-6-7-10-25(22)38(31(27)40)18-19-11-14-21(36)15-12-19/h6-7,9-17,29H,4-5,8,18H2,1-3H3/b30-27-/t29-/m0/s1. The van der Waals surface area contributed by atoms with Crippen LogP contribution in [0, 0.1) is 0 Å². The molecule has 0 aliphatic carbocycles. The number of carbonyl (C=O) groups excluding carboxylic acids is 2. The Morgan fingerprint density at radius 1 is 1.07 bits per heavy atom. The van der Waals surface area contributed by atoms with Crippen molar-refractivity contribution in [1.29, 1.82) is 0 Å². The number of carbonyl (C=O) groups is 2. The summed E-state index contributed by atoms with van der Waals surface area (Å²) < 4.78 is 13.8. The van der Waals surface area contributed by atoms with E-state index in [9.17, 15) is 14.4 Å². The molecule has 11 heteroatoms. The maximum atomic E-state index is 14.6. The Morgan fingerprint density at radius 3 is 2.53 bits per heavy atom. The minimum Gasteiger partial charge on any atom is -0.496 e. The molecule has 0 saturated carbocycles. The maximum absolute atomic E-state index is 14.6. The zero-order chi connectivity index (χ0) is 31.8. The Labute approximate surface area is 277 Å². The highest BCUT2D eigenvalue weighted by Crippen LogP contribution is 2.39. The molecule has 0 N–H and O–H groups in total. The summed E-state index contributed by atoms with van der Waals surface area (Å²) in [6.45, 7) is 4.21. The number of ether oxygens (including phenoxy) is 2. The highest BCUT2D eigenvalue weighted by Gasteiger charge is 2.38. The summed E-state index contributed by atoms with van der Waals surface area (Å²) in [6.07, 6.45) is 1.21. The second kappa shape index (κ2) is 12.8. The quantitative estimate of drug-likeness (QED) is 0.212. The van der Waals surface area contributed by atoms with Crippen LogP contribution in [0.4, 0.5) is 5.69 Å². The van der Waals surface area contributed by atoms with Gasteiger partial charge in [0.05, 0.1) is 42.8 Å². The Morgan fingerprint density at radius 2 is 1.82 bits per heavy atom. The third-order valence-electron chi connectivity index (χ3n) is 7.76. The van der Waals surface area contributed by atoms with Gasteiger partial charge in [-0.15, -0.1) is 0 Å². The van der Waals surface area contributed by atoms with E-state index in [-0.39, 0.29) is 22.6 Å². The van der Waals surface area contributed by atoms with Crippen molar-refractivity contribution >= 4 is 62.0 Å². The van der Waals surface area contributed by atoms with Crippen LogP contribution in [-0.4, -0.2) is 30.2 Å². The number of hydrogen-bond acceptors (Lipinski definition) is 7. The zero-order valence-electron chi connectivity index (χ0n) is 24.8. The van der Waals surface area contributed by atoms with E-state index in [4.69, 9.17) is 26.1 Å². The van der Waals surface area contributed by atoms with Gasteiger partial charge < -0.3 is 14.4 Å². The summed E-state index contributed by atoms with van der Waals surface area (Å²) in [5.41, 5.74) is 3.58. The number of nitrogens with zero attached hydrogens (tertiary/aromatic N) is 3. The number of allylic oxidation sites excluding steroid dienone is 1. The molecule has 8 nitrogen and oxygen atoms in total. The number of aromatic nitrogens is 1. The highest BCUT2D eigenvalue weighted by molar-refractivity contribution is 9.10. The Hall–Kier alpha value is -3.99. The van der Waals surface area contributed by atoms with Crippen LogP contribution in [0.2, 0.25) is 5.02 Å². The van der Waals surface area contributed by atoms with Gasteiger partial charge >= 0.3 is 5.97 Å². The number of anilines is 1. The third-order valence-corrected chi connectivity index (χ3v) is 9.56. The molecule has 4 aromatic rings. The molecule has 0 unspecified atom stereocenters. The molecule has 2 aliphatic rings. The lowest BCUT2D eigenvalue weighted by Gasteiger charge is -2.27. The second-order valence-electron chi connectivity index (χ2n) is 10.5. The fraction of sp³-hybridized carbons (Fsp3) is 0.235. The molecule has 0 saturated heterocycles. The van der Waals surface area contributed by atoms with Gasteiger partial charge in [-0.25, -0.2) is 9.79 Å². The lowest BCUT2D eigenvalue weighted by atomic mass is 9.93. The van der Waals surface area contributed by atoms with Crippen molar-refractivity contribution in [2.45, 2.75) is 39.3 Å². The lowest BCUT2D eigenvalue weighted by Crippen LogP contribution is -2.41. The van der Waals surface area contributed by atoms with Crippen molar-refractivity contribution in [3.8, 4) is 5.75 Å². The fourth-order valence-electron chi connectivity index (χ4n) is 5.81. The summed E-state index contributed by atoms with van der Waals surface area (Å²) in [6, 6.07) is 19.3. The predicted molar refractivity (Wildman–Crippen MR) is 178 cm³/mol. The number of thiazole rings is 1. The molecule has 0 fully saturated rings. The monoisotopic (exact) mass is 705 g/mol. The summed E-state index contributed by atoms with van der Waals surface area (Å²) in [5, 5.41) is 0.606. The smallest absolute Gasteiger partial charge is 0.338 e. The first-order valence-corrected chi connectivity index (χ1v) is 16.5. The first-order chi connectivity index (χ1) is 21.8. The highest BCUT2D eigenvalue weighted by atomic mass is 79.9. The normalized spacial score (nSPS) is 16.8. The Kier molecular flexibility index (Phi) is 8.81. The molecule has 0 bridgehead atoms. The van der Waals surface area contributed by atoms with Crippen LogP contribution in [0.25, 0.3) is 5.57 Å². The predicted octanol–water partition coefficient (Wildman–Crippen LogP) is 5.92. The van der Waals surface area contributed by atoms with Gasteiger partial charge in [0, 0.05) is 20.6 Å². The Bertz CT molecular complexity index is 2050. The van der Waals surface area contributed by atoms with Crippen LogP contribution >= 0.6 is 38.9 Å². The van der Waals surface area contributed by atoms with E-state index in [2.05, 4.69) is 15.9 Å². The summed E-state index contributed by atoms with van der Waals surface area (Å²) >= 11 is 10.8. The van der Waals surface area contributed by atoms with Gasteiger partial charge in [0.15, 0.2) is 4.80 Å². The molecule has 230 valence electrons. The van der Waals surface area contributed by atoms with Crippen molar-refractivity contribution in [3.63, 3.8) is 0 Å². The van der Waals surface area contributed by atoms with Crippen LogP contribution in [0.5, 0.6) is 5.75 Å². The van der Waals surface area contributed by atoms with E-state index < -0.39 is 17.6 Å². The van der Waals surface area contributed by atoms with Crippen LogP contribution in [0.3, 0.4) is 0 Å². The maximum Gasteiger partial charge on any atom is 0.338 e. The number of para-hydroxylation sites is 1. The minimum absolute atomic E-state index is 0.160. The van der Waals surface area contributed by atoms with Crippen molar-refractivity contribution < 1.29 is 19.1 Å². The SMILES string of the molecule is CCCC1=C(C(=O)OCC)[C@H](c2cc(Br)ccc2OC)n2c(s/c(=C3\C(=O)N(Cc4ccc(Cl)cc4)c4ccccc43)c2=O)=N1. The number of amides is 1. The number of methoxy groups -OCH3 is 1. The molecule has 0 spiro atoms. The first-order valence-electron chi connectivity index (χ1n) is 14.5. The van der Waals surface area contributed by atoms with Crippen molar-refractivity contribution in [2.75, 3.05) is 18.6 Å². The third kappa shape index (κ3) is 5.55.